The summed E-state index contributed by atoms with van der Waals surface area (Å²) in [6, 6.07) is 14.0. The van der Waals surface area contributed by atoms with Gasteiger partial charge >= 0.3 is 5.97 Å². The molecule has 0 saturated heterocycles. The zero-order chi connectivity index (χ0) is 16.7. The van der Waals surface area contributed by atoms with Crippen molar-refractivity contribution in [1.29, 1.82) is 0 Å². The predicted octanol–water partition coefficient (Wildman–Crippen LogP) is 2.01. The molecule has 0 bridgehead atoms. The van der Waals surface area contributed by atoms with Crippen LogP contribution in [0.4, 0.5) is 0 Å². The minimum absolute atomic E-state index is 0.0998. The van der Waals surface area contributed by atoms with Gasteiger partial charge in [-0.05, 0) is 18.2 Å². The third-order valence-electron chi connectivity index (χ3n) is 3.65. The molecule has 2 N–H and O–H groups in total. The Kier molecular flexibility index (Phi) is 3.19. The van der Waals surface area contributed by atoms with Gasteiger partial charge in [0.15, 0.2) is 5.78 Å². The summed E-state index contributed by atoms with van der Waals surface area (Å²) in [4.78, 5) is 16.4. The van der Waals surface area contributed by atoms with E-state index in [0.29, 0.717) is 11.4 Å². The number of aliphatic hydroxyl groups is 2. The first-order chi connectivity index (χ1) is 11.5. The quantitative estimate of drug-likeness (QED) is 0.694. The fourth-order valence-electron chi connectivity index (χ4n) is 2.53. The normalized spacial score (nSPS) is 15.7. The summed E-state index contributed by atoms with van der Waals surface area (Å²) < 4.78 is 10.2. The first kappa shape index (κ1) is 14.6. The molecule has 0 aliphatic carbocycles. The van der Waals surface area contributed by atoms with E-state index < -0.39 is 18.2 Å². The highest BCUT2D eigenvalue weighted by molar-refractivity contribution is 6.01. The molecule has 0 saturated carbocycles. The van der Waals surface area contributed by atoms with Gasteiger partial charge in [0.1, 0.15) is 12.2 Å². The van der Waals surface area contributed by atoms with Crippen molar-refractivity contribution in [2.45, 2.75) is 12.4 Å². The maximum Gasteiger partial charge on any atom is 0.329 e. The molecular weight excluding hydrogens is 312 g/mol. The standard InChI is InChI=1S/C17H12N2O5/c20-13-9-17(21,22)23-14-7-6-11(8-12(13)14)16-18-15(19-24-16)10-4-2-1-3-5-10/h1-8,21-22H,9H2. The topological polar surface area (TPSA) is 106 Å². The van der Waals surface area contributed by atoms with Crippen molar-refractivity contribution in [1.82, 2.24) is 10.1 Å². The van der Waals surface area contributed by atoms with Crippen molar-refractivity contribution in [3.63, 3.8) is 0 Å². The summed E-state index contributed by atoms with van der Waals surface area (Å²) in [5, 5.41) is 22.9. The number of Topliss-reactive ketones (excluding diaryl/α,β-unsaturated/α-hetero) is 1. The van der Waals surface area contributed by atoms with Crippen molar-refractivity contribution >= 4 is 5.78 Å². The second-order valence-corrected chi connectivity index (χ2v) is 5.45. The van der Waals surface area contributed by atoms with E-state index in [-0.39, 0.29) is 17.2 Å². The van der Waals surface area contributed by atoms with Crippen LogP contribution in [0.3, 0.4) is 0 Å². The number of hydrogen-bond acceptors (Lipinski definition) is 7. The smallest absolute Gasteiger partial charge is 0.329 e. The number of rotatable bonds is 2. The molecule has 1 aliphatic heterocycles. The molecule has 1 aliphatic rings. The Bertz CT molecular complexity index is 918. The number of fused-ring (bicyclic) bond motifs is 1. The first-order valence-electron chi connectivity index (χ1n) is 7.22. The Hall–Kier alpha value is -3.03. The van der Waals surface area contributed by atoms with Gasteiger partial charge in [-0.1, -0.05) is 35.5 Å². The summed E-state index contributed by atoms with van der Waals surface area (Å²) in [5.41, 5.74) is 1.60. The molecule has 2 heterocycles. The van der Waals surface area contributed by atoms with Gasteiger partial charge in [-0.3, -0.25) is 4.79 Å². The maximum atomic E-state index is 12.0. The van der Waals surface area contributed by atoms with E-state index in [1.807, 2.05) is 30.3 Å². The first-order valence-corrected chi connectivity index (χ1v) is 7.22. The van der Waals surface area contributed by atoms with Crippen LogP contribution < -0.4 is 4.74 Å². The number of nitrogens with zero attached hydrogens (tertiary/aromatic N) is 2. The average molecular weight is 324 g/mol. The minimum atomic E-state index is -2.48. The van der Waals surface area contributed by atoms with E-state index in [0.717, 1.165) is 5.56 Å². The van der Waals surface area contributed by atoms with Crippen LogP contribution in [0, 0.1) is 0 Å². The Balaban J connectivity index is 1.71. The summed E-state index contributed by atoms with van der Waals surface area (Å²) in [6.45, 7) is 0. The Labute approximate surface area is 136 Å². The molecule has 1 aromatic heterocycles. The van der Waals surface area contributed by atoms with Gasteiger partial charge in [0.25, 0.3) is 5.89 Å². The Morgan fingerprint density at radius 1 is 1.04 bits per heavy atom. The van der Waals surface area contributed by atoms with Gasteiger partial charge < -0.3 is 19.5 Å². The Morgan fingerprint density at radius 2 is 1.83 bits per heavy atom. The van der Waals surface area contributed by atoms with Crippen LogP contribution in [0.1, 0.15) is 16.8 Å². The van der Waals surface area contributed by atoms with Gasteiger partial charge in [-0.15, -0.1) is 0 Å². The zero-order valence-electron chi connectivity index (χ0n) is 12.3. The molecule has 0 atom stereocenters. The van der Waals surface area contributed by atoms with E-state index in [2.05, 4.69) is 10.1 Å². The number of ketones is 1. The van der Waals surface area contributed by atoms with Crippen LogP contribution in [0.2, 0.25) is 0 Å². The molecule has 24 heavy (non-hydrogen) atoms. The average Bonchev–Trinajstić information content (AvgIpc) is 3.04. The second-order valence-electron chi connectivity index (χ2n) is 5.45. The van der Waals surface area contributed by atoms with Gasteiger partial charge in [0, 0.05) is 11.1 Å². The molecule has 7 nitrogen and oxygen atoms in total. The Morgan fingerprint density at radius 3 is 2.62 bits per heavy atom. The summed E-state index contributed by atoms with van der Waals surface area (Å²) in [7, 11) is 0. The van der Waals surface area contributed by atoms with Gasteiger partial charge in [0.05, 0.1) is 5.56 Å². The lowest BCUT2D eigenvalue weighted by Crippen LogP contribution is -2.41. The summed E-state index contributed by atoms with van der Waals surface area (Å²) in [6.07, 6.45) is -0.539. The van der Waals surface area contributed by atoms with Crippen molar-refractivity contribution in [3.8, 4) is 28.6 Å². The molecular formula is C17H12N2O5. The van der Waals surface area contributed by atoms with Crippen LogP contribution in [0.15, 0.2) is 53.1 Å². The molecule has 0 unspecified atom stereocenters. The van der Waals surface area contributed by atoms with Crippen LogP contribution >= 0.6 is 0 Å². The monoisotopic (exact) mass is 324 g/mol. The van der Waals surface area contributed by atoms with Crippen LogP contribution in [-0.2, 0) is 0 Å². The number of ether oxygens (including phenoxy) is 1. The lowest BCUT2D eigenvalue weighted by molar-refractivity contribution is -0.290. The van der Waals surface area contributed by atoms with Gasteiger partial charge in [-0.25, -0.2) is 0 Å². The third kappa shape index (κ3) is 2.55. The number of hydrogen-bond donors (Lipinski definition) is 2. The molecule has 0 spiro atoms. The van der Waals surface area contributed by atoms with Gasteiger partial charge in [0.2, 0.25) is 5.82 Å². The van der Waals surface area contributed by atoms with Crippen molar-refractivity contribution < 1.29 is 24.3 Å². The van der Waals surface area contributed by atoms with Crippen molar-refractivity contribution in [2.24, 2.45) is 0 Å². The SMILES string of the molecule is O=C1CC(O)(O)Oc2ccc(-c3nc(-c4ccccc4)no3)cc21. The highest BCUT2D eigenvalue weighted by Crippen LogP contribution is 2.34. The summed E-state index contributed by atoms with van der Waals surface area (Å²) in [5.74, 6) is -2.12. The second kappa shape index (κ2) is 5.26. The molecule has 0 radical (unpaired) electrons. The van der Waals surface area contributed by atoms with E-state index in [9.17, 15) is 15.0 Å². The predicted molar refractivity (Wildman–Crippen MR) is 81.9 cm³/mol. The van der Waals surface area contributed by atoms with E-state index in [4.69, 9.17) is 9.26 Å². The summed E-state index contributed by atoms with van der Waals surface area (Å²) >= 11 is 0. The fourth-order valence-corrected chi connectivity index (χ4v) is 2.53. The number of aromatic nitrogens is 2. The lowest BCUT2D eigenvalue weighted by atomic mass is 10.0. The molecule has 3 aromatic rings. The van der Waals surface area contributed by atoms with Gasteiger partial charge in [-0.2, -0.15) is 4.98 Å². The largest absolute Gasteiger partial charge is 0.438 e. The number of benzene rings is 2. The maximum absolute atomic E-state index is 12.0. The van der Waals surface area contributed by atoms with Crippen LogP contribution in [-0.4, -0.2) is 32.1 Å². The van der Waals surface area contributed by atoms with Crippen LogP contribution in [0.25, 0.3) is 22.8 Å². The molecule has 120 valence electrons. The minimum Gasteiger partial charge on any atom is -0.438 e. The van der Waals surface area contributed by atoms with Crippen molar-refractivity contribution in [3.05, 3.63) is 54.1 Å². The van der Waals surface area contributed by atoms with Crippen molar-refractivity contribution in [2.75, 3.05) is 0 Å². The highest BCUT2D eigenvalue weighted by Gasteiger charge is 2.37. The molecule has 0 amide bonds. The van der Waals surface area contributed by atoms with E-state index >= 15 is 0 Å². The van der Waals surface area contributed by atoms with E-state index in [1.165, 1.54) is 12.1 Å². The fraction of sp³-hybridized carbons (Fsp3) is 0.118. The number of carbonyl (C=O) groups excluding carboxylic acids is 1. The molecule has 7 heteroatoms. The molecule has 2 aromatic carbocycles. The third-order valence-corrected chi connectivity index (χ3v) is 3.65. The van der Waals surface area contributed by atoms with Crippen LogP contribution in [0.5, 0.6) is 5.75 Å². The molecule has 0 fully saturated rings. The zero-order valence-corrected chi connectivity index (χ0v) is 12.3. The number of carbonyl (C=O) groups is 1. The highest BCUT2D eigenvalue weighted by atomic mass is 16.8. The lowest BCUT2D eigenvalue weighted by Gasteiger charge is -2.27. The molecule has 4 rings (SSSR count). The van der Waals surface area contributed by atoms with E-state index in [1.54, 1.807) is 6.07 Å².